The Balaban J connectivity index is 2.01. The second-order valence-corrected chi connectivity index (χ2v) is 4.26. The van der Waals surface area contributed by atoms with Crippen LogP contribution in [0.15, 0.2) is 30.3 Å². The highest BCUT2D eigenvalue weighted by Crippen LogP contribution is 2.20. The molecule has 0 saturated carbocycles. The van der Waals surface area contributed by atoms with Gasteiger partial charge in [-0.2, -0.15) is 0 Å². The van der Waals surface area contributed by atoms with E-state index >= 15 is 0 Å². The van der Waals surface area contributed by atoms with Crippen LogP contribution < -0.4 is 0 Å². The minimum Gasteiger partial charge on any atom is -0.207 e. The van der Waals surface area contributed by atoms with Gasteiger partial charge in [0.25, 0.3) is 0 Å². The molecule has 0 aliphatic carbocycles. The van der Waals surface area contributed by atoms with Crippen LogP contribution in [-0.4, -0.2) is 5.92 Å². The number of rotatable bonds is 7. The van der Waals surface area contributed by atoms with Crippen molar-refractivity contribution in [3.8, 4) is 0 Å². The summed E-state index contributed by atoms with van der Waals surface area (Å²) in [5, 5.41) is 0. The number of hydrogen-bond donors (Lipinski definition) is 0. The van der Waals surface area contributed by atoms with E-state index in [4.69, 9.17) is 0 Å². The normalized spacial score (nSPS) is 11.7. The molecule has 1 rings (SSSR count). The zero-order valence-electron chi connectivity index (χ0n) is 9.59. The van der Waals surface area contributed by atoms with Crippen molar-refractivity contribution in [2.75, 3.05) is 0 Å². The molecule has 0 atom stereocenters. The van der Waals surface area contributed by atoms with Crippen molar-refractivity contribution in [2.45, 2.75) is 44.4 Å². The van der Waals surface area contributed by atoms with Crippen LogP contribution in [0.25, 0.3) is 0 Å². The standard InChI is InChI=1S/C14H19F2/c1-14(15,16)12-8-3-2-5-9-13-10-6-4-7-11-13/h4,6-7,10-11H,1-3,5,8-9,12H2. The minimum absolute atomic E-state index is 0.0850. The van der Waals surface area contributed by atoms with E-state index in [9.17, 15) is 8.78 Å². The van der Waals surface area contributed by atoms with Crippen LogP contribution in [0.2, 0.25) is 0 Å². The number of benzene rings is 1. The maximum absolute atomic E-state index is 12.4. The van der Waals surface area contributed by atoms with Crippen LogP contribution in [0, 0.1) is 6.92 Å². The predicted octanol–water partition coefficient (Wildman–Crippen LogP) is 4.65. The molecule has 0 nitrogen and oxygen atoms in total. The summed E-state index contributed by atoms with van der Waals surface area (Å²) < 4.78 is 24.8. The molecule has 0 N–H and O–H groups in total. The SMILES string of the molecule is [CH2]C(F)(F)CCCCCCc1ccccc1. The van der Waals surface area contributed by atoms with E-state index < -0.39 is 5.92 Å². The quantitative estimate of drug-likeness (QED) is 0.592. The molecule has 0 aliphatic rings. The third kappa shape index (κ3) is 6.54. The monoisotopic (exact) mass is 225 g/mol. The lowest BCUT2D eigenvalue weighted by Gasteiger charge is -2.08. The van der Waals surface area contributed by atoms with Crippen molar-refractivity contribution in [3.05, 3.63) is 42.8 Å². The summed E-state index contributed by atoms with van der Waals surface area (Å²) in [6.45, 7) is 2.80. The second-order valence-electron chi connectivity index (χ2n) is 4.26. The van der Waals surface area contributed by atoms with Gasteiger partial charge in [-0.15, -0.1) is 0 Å². The van der Waals surface area contributed by atoms with Crippen LogP contribution >= 0.6 is 0 Å². The van der Waals surface area contributed by atoms with Crippen molar-refractivity contribution in [1.29, 1.82) is 0 Å². The Labute approximate surface area is 96.7 Å². The molecule has 0 bridgehead atoms. The van der Waals surface area contributed by atoms with Crippen molar-refractivity contribution in [3.63, 3.8) is 0 Å². The van der Waals surface area contributed by atoms with E-state index in [0.29, 0.717) is 6.42 Å². The van der Waals surface area contributed by atoms with E-state index in [1.165, 1.54) is 5.56 Å². The van der Waals surface area contributed by atoms with Crippen molar-refractivity contribution < 1.29 is 8.78 Å². The fraction of sp³-hybridized carbons (Fsp3) is 0.500. The molecule has 0 heterocycles. The Hall–Kier alpha value is -0.920. The van der Waals surface area contributed by atoms with E-state index in [0.717, 1.165) is 25.7 Å². The highest BCUT2D eigenvalue weighted by molar-refractivity contribution is 5.14. The number of aryl methyl sites for hydroxylation is 1. The highest BCUT2D eigenvalue weighted by Gasteiger charge is 2.19. The first-order chi connectivity index (χ1) is 7.58. The summed E-state index contributed by atoms with van der Waals surface area (Å²) in [6.07, 6.45) is 4.50. The van der Waals surface area contributed by atoms with Crippen molar-refractivity contribution >= 4 is 0 Å². The highest BCUT2D eigenvalue weighted by atomic mass is 19.3. The molecular formula is C14H19F2. The molecule has 1 aromatic carbocycles. The first kappa shape index (κ1) is 13.1. The van der Waals surface area contributed by atoms with Crippen LogP contribution in [0.4, 0.5) is 8.78 Å². The van der Waals surface area contributed by atoms with E-state index in [1.54, 1.807) is 0 Å². The Bertz CT molecular complexity index is 275. The molecule has 0 amide bonds. The first-order valence-electron chi connectivity index (χ1n) is 5.85. The summed E-state index contributed by atoms with van der Waals surface area (Å²) in [5.74, 6) is -2.74. The van der Waals surface area contributed by atoms with E-state index in [2.05, 4.69) is 19.1 Å². The molecule has 0 fully saturated rings. The minimum atomic E-state index is -2.74. The molecule has 16 heavy (non-hydrogen) atoms. The summed E-state index contributed by atoms with van der Waals surface area (Å²) in [4.78, 5) is 0. The summed E-state index contributed by atoms with van der Waals surface area (Å²) in [5.41, 5.74) is 1.32. The van der Waals surface area contributed by atoms with Crippen LogP contribution in [0.5, 0.6) is 0 Å². The Morgan fingerprint density at radius 3 is 2.19 bits per heavy atom. The van der Waals surface area contributed by atoms with Gasteiger partial charge < -0.3 is 0 Å². The first-order valence-corrected chi connectivity index (χ1v) is 5.85. The van der Waals surface area contributed by atoms with Gasteiger partial charge in [0.2, 0.25) is 5.92 Å². The fourth-order valence-electron chi connectivity index (χ4n) is 1.71. The third-order valence-electron chi connectivity index (χ3n) is 2.60. The average Bonchev–Trinajstić information content (AvgIpc) is 2.23. The lowest BCUT2D eigenvalue weighted by molar-refractivity contribution is 0.0395. The zero-order valence-corrected chi connectivity index (χ0v) is 9.59. The molecule has 1 aromatic rings. The van der Waals surface area contributed by atoms with Gasteiger partial charge in [0.05, 0.1) is 0 Å². The molecule has 0 saturated heterocycles. The van der Waals surface area contributed by atoms with Crippen molar-refractivity contribution in [1.82, 2.24) is 0 Å². The number of halogens is 2. The summed E-state index contributed by atoms with van der Waals surface area (Å²) >= 11 is 0. The van der Waals surface area contributed by atoms with Gasteiger partial charge in [0.15, 0.2) is 0 Å². The molecule has 0 aromatic heterocycles. The molecule has 89 valence electrons. The van der Waals surface area contributed by atoms with Crippen LogP contribution in [0.1, 0.15) is 37.7 Å². The Morgan fingerprint density at radius 1 is 0.938 bits per heavy atom. The molecular weight excluding hydrogens is 206 g/mol. The molecule has 1 radical (unpaired) electrons. The molecule has 0 aliphatic heterocycles. The number of alkyl halides is 2. The lowest BCUT2D eigenvalue weighted by atomic mass is 10.0. The number of unbranched alkanes of at least 4 members (excludes halogenated alkanes) is 3. The van der Waals surface area contributed by atoms with Crippen LogP contribution in [0.3, 0.4) is 0 Å². The topological polar surface area (TPSA) is 0 Å². The van der Waals surface area contributed by atoms with Crippen molar-refractivity contribution in [2.24, 2.45) is 0 Å². The van der Waals surface area contributed by atoms with Gasteiger partial charge in [0, 0.05) is 13.3 Å². The molecule has 0 unspecified atom stereocenters. The molecule has 0 spiro atoms. The predicted molar refractivity (Wildman–Crippen MR) is 63.5 cm³/mol. The zero-order chi connectivity index (χ0) is 11.9. The third-order valence-corrected chi connectivity index (χ3v) is 2.60. The smallest absolute Gasteiger partial charge is 0.207 e. The van der Waals surface area contributed by atoms with Gasteiger partial charge >= 0.3 is 0 Å². The Kier molecular flexibility index (Phi) is 5.44. The van der Waals surface area contributed by atoms with E-state index in [1.807, 2.05) is 18.2 Å². The van der Waals surface area contributed by atoms with Gasteiger partial charge in [-0.25, -0.2) is 8.78 Å². The summed E-state index contributed by atoms with van der Waals surface area (Å²) in [6, 6.07) is 10.3. The maximum atomic E-state index is 12.4. The van der Waals surface area contributed by atoms with E-state index in [-0.39, 0.29) is 6.42 Å². The maximum Gasteiger partial charge on any atom is 0.248 e. The lowest BCUT2D eigenvalue weighted by Crippen LogP contribution is -2.09. The summed E-state index contributed by atoms with van der Waals surface area (Å²) in [7, 11) is 0. The Morgan fingerprint density at radius 2 is 1.56 bits per heavy atom. The number of hydrogen-bond acceptors (Lipinski definition) is 0. The average molecular weight is 225 g/mol. The van der Waals surface area contributed by atoms with Gasteiger partial charge in [-0.3, -0.25) is 0 Å². The largest absolute Gasteiger partial charge is 0.248 e. The second kappa shape index (κ2) is 6.62. The molecule has 2 heteroatoms. The van der Waals surface area contributed by atoms with Gasteiger partial charge in [0.1, 0.15) is 0 Å². The van der Waals surface area contributed by atoms with Gasteiger partial charge in [-0.1, -0.05) is 43.2 Å². The fourth-order valence-corrected chi connectivity index (χ4v) is 1.71. The van der Waals surface area contributed by atoms with Gasteiger partial charge in [-0.05, 0) is 24.8 Å². The van der Waals surface area contributed by atoms with Crippen LogP contribution in [-0.2, 0) is 6.42 Å².